The second kappa shape index (κ2) is 3.21. The third-order valence-corrected chi connectivity index (χ3v) is 3.28. The van der Waals surface area contributed by atoms with Gasteiger partial charge in [0.05, 0.1) is 5.69 Å². The molecule has 0 saturated heterocycles. The molecule has 2 aromatic heterocycles. The summed E-state index contributed by atoms with van der Waals surface area (Å²) >= 11 is 1.66. The molecule has 0 spiro atoms. The van der Waals surface area contributed by atoms with Crippen molar-refractivity contribution in [3.63, 3.8) is 0 Å². The molecule has 74 valence electrons. The van der Waals surface area contributed by atoms with Gasteiger partial charge in [0.25, 0.3) is 0 Å². The predicted molar refractivity (Wildman–Crippen MR) is 63.2 cm³/mol. The quantitative estimate of drug-likeness (QED) is 0.607. The highest BCUT2D eigenvalue weighted by atomic mass is 32.1. The summed E-state index contributed by atoms with van der Waals surface area (Å²) in [5.74, 6) is 0. The molecule has 0 amide bonds. The molecule has 0 bridgehead atoms. The molecule has 2 nitrogen and oxygen atoms in total. The third kappa shape index (κ3) is 1.36. The second-order valence-electron chi connectivity index (χ2n) is 3.53. The molecule has 0 aliphatic heterocycles. The molecule has 0 atom stereocenters. The summed E-state index contributed by atoms with van der Waals surface area (Å²) in [6, 6.07) is 8.33. The van der Waals surface area contributed by atoms with Gasteiger partial charge in [-0.1, -0.05) is 24.3 Å². The van der Waals surface area contributed by atoms with Crippen molar-refractivity contribution in [1.29, 1.82) is 0 Å². The van der Waals surface area contributed by atoms with Crippen LogP contribution in [-0.4, -0.2) is 9.38 Å². The number of thiazole rings is 1. The Morgan fingerprint density at radius 1 is 1.27 bits per heavy atom. The van der Waals surface area contributed by atoms with Crippen LogP contribution in [0.3, 0.4) is 0 Å². The summed E-state index contributed by atoms with van der Waals surface area (Å²) in [7, 11) is 0. The van der Waals surface area contributed by atoms with Crippen LogP contribution in [-0.2, 0) is 0 Å². The maximum Gasteiger partial charge on any atom is 0.194 e. The van der Waals surface area contributed by atoms with Gasteiger partial charge in [-0.2, -0.15) is 0 Å². The maximum atomic E-state index is 4.59. The van der Waals surface area contributed by atoms with Crippen LogP contribution in [0, 0.1) is 6.92 Å². The van der Waals surface area contributed by atoms with Crippen LogP contribution in [0.4, 0.5) is 0 Å². The van der Waals surface area contributed by atoms with Crippen LogP contribution in [0.2, 0.25) is 0 Å². The van der Waals surface area contributed by atoms with Crippen molar-refractivity contribution < 1.29 is 0 Å². The average molecular weight is 214 g/mol. The van der Waals surface area contributed by atoms with E-state index in [2.05, 4.69) is 46.8 Å². The molecule has 0 aliphatic rings. The van der Waals surface area contributed by atoms with Gasteiger partial charge in [-0.15, -0.1) is 11.3 Å². The highest BCUT2D eigenvalue weighted by Crippen LogP contribution is 2.23. The number of benzene rings is 1. The number of imidazole rings is 1. The Balaban J connectivity index is 2.22. The fourth-order valence-electron chi connectivity index (χ4n) is 1.72. The van der Waals surface area contributed by atoms with Gasteiger partial charge in [0.1, 0.15) is 0 Å². The van der Waals surface area contributed by atoms with Gasteiger partial charge in [0.2, 0.25) is 0 Å². The van der Waals surface area contributed by atoms with Gasteiger partial charge in [-0.25, -0.2) is 4.98 Å². The molecule has 3 aromatic rings. The average Bonchev–Trinajstić information content (AvgIpc) is 2.77. The Morgan fingerprint density at radius 3 is 2.93 bits per heavy atom. The fourth-order valence-corrected chi connectivity index (χ4v) is 2.42. The van der Waals surface area contributed by atoms with Crippen molar-refractivity contribution in [2.24, 2.45) is 0 Å². The summed E-state index contributed by atoms with van der Waals surface area (Å²) in [5.41, 5.74) is 3.54. The van der Waals surface area contributed by atoms with E-state index in [9.17, 15) is 0 Å². The summed E-state index contributed by atoms with van der Waals surface area (Å²) in [4.78, 5) is 5.63. The summed E-state index contributed by atoms with van der Waals surface area (Å²) in [6.45, 7) is 2.11. The Morgan fingerprint density at radius 2 is 2.13 bits per heavy atom. The van der Waals surface area contributed by atoms with E-state index in [4.69, 9.17) is 0 Å². The Hall–Kier alpha value is -1.61. The maximum absolute atomic E-state index is 4.59. The van der Waals surface area contributed by atoms with E-state index in [0.29, 0.717) is 0 Å². The molecule has 0 saturated carbocycles. The zero-order valence-corrected chi connectivity index (χ0v) is 9.16. The lowest BCUT2D eigenvalue weighted by Crippen LogP contribution is -1.81. The first-order valence-electron chi connectivity index (χ1n) is 4.83. The Labute approximate surface area is 91.8 Å². The van der Waals surface area contributed by atoms with Crippen molar-refractivity contribution in [1.82, 2.24) is 9.38 Å². The van der Waals surface area contributed by atoms with Gasteiger partial charge in [0.15, 0.2) is 4.96 Å². The molecule has 3 rings (SSSR count). The highest BCUT2D eigenvalue weighted by molar-refractivity contribution is 7.15. The first-order chi connectivity index (χ1) is 7.34. The molecule has 0 fully saturated rings. The topological polar surface area (TPSA) is 17.3 Å². The van der Waals surface area contributed by atoms with Gasteiger partial charge in [0, 0.05) is 23.3 Å². The van der Waals surface area contributed by atoms with Gasteiger partial charge in [-0.3, -0.25) is 4.40 Å². The van der Waals surface area contributed by atoms with E-state index in [1.165, 1.54) is 11.1 Å². The molecule has 0 unspecified atom stereocenters. The number of hydrogen-bond donors (Lipinski definition) is 0. The number of aromatic nitrogens is 2. The minimum atomic E-state index is 1.05. The van der Waals surface area contributed by atoms with Crippen LogP contribution in [0.5, 0.6) is 0 Å². The molecular weight excluding hydrogens is 204 g/mol. The number of rotatable bonds is 1. The Kier molecular flexibility index (Phi) is 1.86. The molecule has 0 radical (unpaired) electrons. The minimum Gasteiger partial charge on any atom is -0.297 e. The summed E-state index contributed by atoms with van der Waals surface area (Å²) in [5, 5.41) is 2.05. The van der Waals surface area contributed by atoms with Crippen LogP contribution < -0.4 is 0 Å². The van der Waals surface area contributed by atoms with E-state index in [1.807, 2.05) is 11.6 Å². The summed E-state index contributed by atoms with van der Waals surface area (Å²) < 4.78 is 2.06. The summed E-state index contributed by atoms with van der Waals surface area (Å²) in [6.07, 6.45) is 4.11. The second-order valence-corrected chi connectivity index (χ2v) is 4.41. The van der Waals surface area contributed by atoms with Crippen LogP contribution in [0.25, 0.3) is 16.2 Å². The largest absolute Gasteiger partial charge is 0.297 e. The van der Waals surface area contributed by atoms with Crippen LogP contribution in [0.15, 0.2) is 42.0 Å². The van der Waals surface area contributed by atoms with E-state index in [-0.39, 0.29) is 0 Å². The predicted octanol–water partition coefficient (Wildman–Crippen LogP) is 3.37. The SMILES string of the molecule is Cc1ccccc1-c1cn2ccsc2n1. The first kappa shape index (κ1) is 8.68. The van der Waals surface area contributed by atoms with E-state index in [1.54, 1.807) is 11.3 Å². The zero-order chi connectivity index (χ0) is 10.3. The zero-order valence-electron chi connectivity index (χ0n) is 8.34. The monoisotopic (exact) mass is 214 g/mol. The highest BCUT2D eigenvalue weighted by Gasteiger charge is 2.06. The van der Waals surface area contributed by atoms with Gasteiger partial charge >= 0.3 is 0 Å². The van der Waals surface area contributed by atoms with Crippen LogP contribution in [0.1, 0.15) is 5.56 Å². The van der Waals surface area contributed by atoms with Crippen molar-refractivity contribution in [3.05, 3.63) is 47.6 Å². The lowest BCUT2D eigenvalue weighted by molar-refractivity contribution is 1.23. The van der Waals surface area contributed by atoms with Crippen molar-refractivity contribution in [2.75, 3.05) is 0 Å². The number of fused-ring (bicyclic) bond motifs is 1. The van der Waals surface area contributed by atoms with E-state index < -0.39 is 0 Å². The van der Waals surface area contributed by atoms with Crippen molar-refractivity contribution in [3.8, 4) is 11.3 Å². The molecular formula is C12H10N2S. The number of nitrogens with zero attached hydrogens (tertiary/aromatic N) is 2. The van der Waals surface area contributed by atoms with E-state index >= 15 is 0 Å². The standard InChI is InChI=1S/C12H10N2S/c1-9-4-2-3-5-10(9)11-8-14-6-7-15-12(14)13-11/h2-8H,1H3. The first-order valence-corrected chi connectivity index (χ1v) is 5.71. The number of aryl methyl sites for hydroxylation is 1. The van der Waals surface area contributed by atoms with Gasteiger partial charge < -0.3 is 0 Å². The van der Waals surface area contributed by atoms with E-state index in [0.717, 1.165) is 10.7 Å². The molecule has 15 heavy (non-hydrogen) atoms. The molecule has 3 heteroatoms. The number of hydrogen-bond acceptors (Lipinski definition) is 2. The van der Waals surface area contributed by atoms with Crippen molar-refractivity contribution >= 4 is 16.3 Å². The molecule has 0 N–H and O–H groups in total. The Bertz CT molecular complexity index is 578. The van der Waals surface area contributed by atoms with Crippen LogP contribution >= 0.6 is 11.3 Å². The lowest BCUT2D eigenvalue weighted by atomic mass is 10.1. The lowest BCUT2D eigenvalue weighted by Gasteiger charge is -1.99. The minimum absolute atomic E-state index is 1.05. The van der Waals surface area contributed by atoms with Crippen molar-refractivity contribution in [2.45, 2.75) is 6.92 Å². The third-order valence-electron chi connectivity index (χ3n) is 2.51. The smallest absolute Gasteiger partial charge is 0.194 e. The normalized spacial score (nSPS) is 11.0. The fraction of sp³-hybridized carbons (Fsp3) is 0.0833. The molecule has 1 aromatic carbocycles. The molecule has 2 heterocycles. The van der Waals surface area contributed by atoms with Gasteiger partial charge in [-0.05, 0) is 12.5 Å². The molecule has 0 aliphatic carbocycles.